The average molecular weight is 490 g/mol. The second-order valence-electron chi connectivity index (χ2n) is 10.5. The summed E-state index contributed by atoms with van der Waals surface area (Å²) in [4.78, 5) is 17.4. The minimum Gasteiger partial charge on any atom is -0.488 e. The number of benzene rings is 3. The highest BCUT2D eigenvalue weighted by molar-refractivity contribution is 6.22. The molecule has 1 aliphatic rings. The van der Waals surface area contributed by atoms with Crippen molar-refractivity contribution < 1.29 is 4.74 Å². The molecule has 0 saturated carbocycles. The van der Waals surface area contributed by atoms with E-state index in [0.717, 1.165) is 72.4 Å². The van der Waals surface area contributed by atoms with E-state index in [4.69, 9.17) is 9.72 Å². The second-order valence-corrected chi connectivity index (χ2v) is 10.5. The molecule has 3 aromatic carbocycles. The topological polar surface area (TPSA) is 75.7 Å². The molecular weight excluding hydrogens is 458 g/mol. The Kier molecular flexibility index (Phi) is 5.48. The molecule has 6 rings (SSSR count). The van der Waals surface area contributed by atoms with Gasteiger partial charge in [0.05, 0.1) is 22.2 Å². The predicted molar refractivity (Wildman–Crippen MR) is 151 cm³/mol. The SMILES string of the molecule is C=C(NC1=C(C)COc2cc(-c3ccc4c(c3)c3cncnc3c3[nH]c(C(C)C)nc43)ccc21)C(C)C. The number of ether oxygens (including phenoxy) is 1. The fourth-order valence-electron chi connectivity index (χ4n) is 4.91. The first-order chi connectivity index (χ1) is 17.8. The largest absolute Gasteiger partial charge is 0.488 e. The van der Waals surface area contributed by atoms with E-state index in [-0.39, 0.29) is 0 Å². The molecule has 6 nitrogen and oxygen atoms in total. The van der Waals surface area contributed by atoms with E-state index >= 15 is 0 Å². The Labute approximate surface area is 216 Å². The lowest BCUT2D eigenvalue weighted by Crippen LogP contribution is -2.21. The first kappa shape index (κ1) is 23.2. The van der Waals surface area contributed by atoms with Crippen molar-refractivity contribution in [3.8, 4) is 16.9 Å². The van der Waals surface area contributed by atoms with Gasteiger partial charge in [0.2, 0.25) is 0 Å². The van der Waals surface area contributed by atoms with Crippen LogP contribution in [0, 0.1) is 5.92 Å². The van der Waals surface area contributed by atoms with Gasteiger partial charge in [-0.3, -0.25) is 0 Å². The number of fused-ring (bicyclic) bond motifs is 7. The van der Waals surface area contributed by atoms with Crippen LogP contribution in [0.3, 0.4) is 0 Å². The van der Waals surface area contributed by atoms with Crippen LogP contribution in [0.1, 0.15) is 51.9 Å². The molecule has 0 spiro atoms. The lowest BCUT2D eigenvalue weighted by molar-refractivity contribution is 0.345. The standard InChI is InChI=1S/C31H31N5O/c1-16(2)19(6)34-27-18(5)14-37-26-12-21(8-10-23(26)27)20-7-9-22-24(11-20)25-13-32-15-33-28(25)30-29(22)35-31(36-30)17(3)4/h7-13,15-17,34H,6,14H2,1-5H3,(H,35,36). The molecule has 1 aliphatic heterocycles. The first-order valence-corrected chi connectivity index (χ1v) is 12.8. The van der Waals surface area contributed by atoms with Crippen LogP contribution in [0.5, 0.6) is 5.75 Å². The number of hydrogen-bond donors (Lipinski definition) is 2. The lowest BCUT2D eigenvalue weighted by atomic mass is 9.95. The van der Waals surface area contributed by atoms with Crippen molar-refractivity contribution in [3.63, 3.8) is 0 Å². The van der Waals surface area contributed by atoms with E-state index in [1.807, 2.05) is 6.20 Å². The molecule has 3 heterocycles. The number of nitrogens with one attached hydrogen (secondary N) is 2. The summed E-state index contributed by atoms with van der Waals surface area (Å²) in [5, 5.41) is 6.73. The second kappa shape index (κ2) is 8.73. The highest BCUT2D eigenvalue weighted by atomic mass is 16.5. The molecule has 0 bridgehead atoms. The number of imidazole rings is 1. The number of aromatic nitrogens is 4. The maximum atomic E-state index is 6.15. The van der Waals surface area contributed by atoms with Crippen LogP contribution in [-0.4, -0.2) is 26.5 Å². The third kappa shape index (κ3) is 3.84. The molecule has 2 N–H and O–H groups in total. The molecule has 6 heteroatoms. The average Bonchev–Trinajstić information content (AvgIpc) is 3.36. The van der Waals surface area contributed by atoms with E-state index in [9.17, 15) is 0 Å². The molecule has 0 atom stereocenters. The fourth-order valence-corrected chi connectivity index (χ4v) is 4.91. The summed E-state index contributed by atoms with van der Waals surface area (Å²) in [5.41, 5.74) is 9.34. The Hall–Kier alpha value is -4.19. The Morgan fingerprint density at radius 2 is 1.78 bits per heavy atom. The lowest BCUT2D eigenvalue weighted by Gasteiger charge is -2.26. The number of nitrogens with zero attached hydrogens (tertiary/aromatic N) is 3. The maximum absolute atomic E-state index is 6.15. The smallest absolute Gasteiger partial charge is 0.129 e. The summed E-state index contributed by atoms with van der Waals surface area (Å²) in [6.45, 7) is 15.4. The molecule has 0 saturated heterocycles. The monoisotopic (exact) mass is 489 g/mol. The molecule has 2 aromatic heterocycles. The van der Waals surface area contributed by atoms with Crippen molar-refractivity contribution in [2.45, 2.75) is 40.5 Å². The van der Waals surface area contributed by atoms with Gasteiger partial charge in [-0.05, 0) is 53.1 Å². The van der Waals surface area contributed by atoms with Gasteiger partial charge in [-0.25, -0.2) is 15.0 Å². The number of hydrogen-bond acceptors (Lipinski definition) is 5. The van der Waals surface area contributed by atoms with E-state index in [1.54, 1.807) is 6.33 Å². The molecule has 5 aromatic rings. The Morgan fingerprint density at radius 1 is 1.00 bits per heavy atom. The van der Waals surface area contributed by atoms with E-state index < -0.39 is 0 Å². The normalized spacial score (nSPS) is 13.6. The fraction of sp³-hybridized carbons (Fsp3) is 0.258. The van der Waals surface area contributed by atoms with Crippen LogP contribution in [0.15, 0.2) is 66.8 Å². The van der Waals surface area contributed by atoms with Gasteiger partial charge in [-0.1, -0.05) is 52.5 Å². The van der Waals surface area contributed by atoms with Gasteiger partial charge in [0, 0.05) is 34.1 Å². The molecule has 0 radical (unpaired) electrons. The van der Waals surface area contributed by atoms with E-state index in [2.05, 4.69) is 97.9 Å². The Bertz CT molecular complexity index is 1740. The summed E-state index contributed by atoms with van der Waals surface area (Å²) in [6.07, 6.45) is 3.50. The molecule has 0 aliphatic carbocycles. The van der Waals surface area contributed by atoms with Crippen LogP contribution < -0.4 is 10.1 Å². The predicted octanol–water partition coefficient (Wildman–Crippen LogP) is 7.33. The van der Waals surface area contributed by atoms with Crippen molar-refractivity contribution in [2.24, 2.45) is 5.92 Å². The zero-order valence-corrected chi connectivity index (χ0v) is 21.9. The van der Waals surface area contributed by atoms with Crippen molar-refractivity contribution in [3.05, 3.63) is 78.2 Å². The van der Waals surface area contributed by atoms with Gasteiger partial charge < -0.3 is 15.0 Å². The van der Waals surface area contributed by atoms with Crippen molar-refractivity contribution in [1.82, 2.24) is 25.3 Å². The van der Waals surface area contributed by atoms with Crippen molar-refractivity contribution in [1.29, 1.82) is 0 Å². The van der Waals surface area contributed by atoms with E-state index in [1.165, 1.54) is 5.57 Å². The molecule has 0 amide bonds. The van der Waals surface area contributed by atoms with Gasteiger partial charge in [-0.15, -0.1) is 0 Å². The van der Waals surface area contributed by atoms with Gasteiger partial charge in [-0.2, -0.15) is 0 Å². The van der Waals surface area contributed by atoms with Crippen LogP contribution in [0.25, 0.3) is 49.5 Å². The van der Waals surface area contributed by atoms with Crippen LogP contribution in [-0.2, 0) is 0 Å². The van der Waals surface area contributed by atoms with Crippen molar-refractivity contribution >= 4 is 38.4 Å². The van der Waals surface area contributed by atoms with Crippen molar-refractivity contribution in [2.75, 3.05) is 6.61 Å². The first-order valence-electron chi connectivity index (χ1n) is 12.8. The number of H-pyrrole nitrogens is 1. The molecule has 37 heavy (non-hydrogen) atoms. The summed E-state index contributed by atoms with van der Waals surface area (Å²) in [7, 11) is 0. The Balaban J connectivity index is 1.49. The molecule has 0 fully saturated rings. The highest BCUT2D eigenvalue weighted by Crippen LogP contribution is 2.39. The Morgan fingerprint density at radius 3 is 2.57 bits per heavy atom. The maximum Gasteiger partial charge on any atom is 0.129 e. The third-order valence-electron chi connectivity index (χ3n) is 7.22. The van der Waals surface area contributed by atoms with Crippen LogP contribution in [0.4, 0.5) is 0 Å². The van der Waals surface area contributed by atoms with E-state index in [0.29, 0.717) is 18.4 Å². The zero-order valence-electron chi connectivity index (χ0n) is 21.9. The highest BCUT2D eigenvalue weighted by Gasteiger charge is 2.21. The number of aromatic amines is 1. The van der Waals surface area contributed by atoms with Gasteiger partial charge >= 0.3 is 0 Å². The summed E-state index contributed by atoms with van der Waals surface area (Å²) in [6, 6.07) is 13.0. The minimum absolute atomic E-state index is 0.295. The third-order valence-corrected chi connectivity index (χ3v) is 7.22. The van der Waals surface area contributed by atoms with Gasteiger partial charge in [0.25, 0.3) is 0 Å². The zero-order chi connectivity index (χ0) is 25.8. The molecule has 186 valence electrons. The summed E-state index contributed by atoms with van der Waals surface area (Å²) >= 11 is 0. The minimum atomic E-state index is 0.295. The van der Waals surface area contributed by atoms with Crippen LogP contribution >= 0.6 is 0 Å². The number of allylic oxidation sites excluding steroid dienone is 1. The van der Waals surface area contributed by atoms with Gasteiger partial charge in [0.1, 0.15) is 24.5 Å². The summed E-state index contributed by atoms with van der Waals surface area (Å²) in [5.74, 6) is 2.48. The van der Waals surface area contributed by atoms with Gasteiger partial charge in [0.15, 0.2) is 0 Å². The molecule has 0 unspecified atom stereocenters. The van der Waals surface area contributed by atoms with Crippen LogP contribution in [0.2, 0.25) is 0 Å². The quantitative estimate of drug-likeness (QED) is 0.253. The summed E-state index contributed by atoms with van der Waals surface area (Å²) < 4.78 is 6.15. The molecular formula is C31H31N5O. The number of rotatable bonds is 5.